The predicted octanol–water partition coefficient (Wildman–Crippen LogP) is 5.07. The highest BCUT2D eigenvalue weighted by Crippen LogP contribution is 2.39. The lowest BCUT2D eigenvalue weighted by atomic mass is 10.1. The van der Waals surface area contributed by atoms with Crippen molar-refractivity contribution in [2.75, 3.05) is 5.32 Å². The summed E-state index contributed by atoms with van der Waals surface area (Å²) in [6, 6.07) is 22.1. The molecule has 1 heterocycles. The second-order valence-electron chi connectivity index (χ2n) is 7.97. The monoisotopic (exact) mass is 491 g/mol. The van der Waals surface area contributed by atoms with Gasteiger partial charge in [0, 0.05) is 29.1 Å². The molecule has 0 saturated heterocycles. The van der Waals surface area contributed by atoms with Crippen molar-refractivity contribution >= 4 is 25.3 Å². The number of anilines is 1. The van der Waals surface area contributed by atoms with Gasteiger partial charge < -0.3 is 15.1 Å². The van der Waals surface area contributed by atoms with Gasteiger partial charge in [-0.2, -0.15) is 5.10 Å². The lowest BCUT2D eigenvalue weighted by Gasteiger charge is -2.06. The zero-order valence-corrected chi connectivity index (χ0v) is 19.5. The first-order valence-electron chi connectivity index (χ1n) is 10.7. The van der Waals surface area contributed by atoms with Crippen LogP contribution in [0, 0.1) is 5.82 Å². The average molecular weight is 491 g/mol. The molecule has 4 rings (SSSR count). The molecule has 35 heavy (non-hydrogen) atoms. The van der Waals surface area contributed by atoms with Crippen LogP contribution < -0.4 is 5.32 Å². The van der Waals surface area contributed by atoms with Gasteiger partial charge in [0.25, 0.3) is 0 Å². The van der Waals surface area contributed by atoms with Gasteiger partial charge in [-0.1, -0.05) is 42.5 Å². The molecular weight excluding hydrogens is 468 g/mol. The first-order valence-corrected chi connectivity index (χ1v) is 12.5. The zero-order chi connectivity index (χ0) is 24.8. The van der Waals surface area contributed by atoms with Crippen molar-refractivity contribution in [3.8, 4) is 11.3 Å². The summed E-state index contributed by atoms with van der Waals surface area (Å²) >= 11 is 0. The molecule has 178 valence electrons. The number of halogens is 1. The Labute approximate surface area is 201 Å². The van der Waals surface area contributed by atoms with Gasteiger partial charge >= 0.3 is 7.60 Å². The Morgan fingerprint density at radius 1 is 0.971 bits per heavy atom. The van der Waals surface area contributed by atoms with Crippen LogP contribution in [-0.4, -0.2) is 25.5 Å². The maximum absolute atomic E-state index is 13.4. The average Bonchev–Trinajstić information content (AvgIpc) is 3.22. The molecule has 1 aromatic heterocycles. The molecule has 0 fully saturated rings. The number of nitrogens with one attached hydrogen (secondary N) is 1. The summed E-state index contributed by atoms with van der Waals surface area (Å²) in [4.78, 5) is 30.6. The Morgan fingerprint density at radius 2 is 1.66 bits per heavy atom. The Bertz CT molecular complexity index is 1380. The van der Waals surface area contributed by atoms with Crippen molar-refractivity contribution in [2.24, 2.45) is 0 Å². The van der Waals surface area contributed by atoms with Crippen LogP contribution in [0.4, 0.5) is 10.1 Å². The summed E-state index contributed by atoms with van der Waals surface area (Å²) in [7, 11) is -4.16. The Morgan fingerprint density at radius 3 is 2.31 bits per heavy atom. The van der Waals surface area contributed by atoms with E-state index in [2.05, 4.69) is 10.4 Å². The molecule has 0 unspecified atom stereocenters. The molecule has 0 aliphatic rings. The number of carbonyl (C=O) groups excluding carboxylic acids is 1. The molecular formula is C26H23FN3O4P. The van der Waals surface area contributed by atoms with E-state index in [4.69, 9.17) is 9.79 Å². The number of rotatable bonds is 8. The van der Waals surface area contributed by atoms with Crippen molar-refractivity contribution in [2.45, 2.75) is 12.7 Å². The van der Waals surface area contributed by atoms with E-state index in [-0.39, 0.29) is 17.9 Å². The number of hydrogen-bond donors (Lipinski definition) is 3. The van der Waals surface area contributed by atoms with Crippen molar-refractivity contribution < 1.29 is 23.5 Å². The fraction of sp³-hybridized carbons (Fsp3) is 0.0769. The SMILES string of the molecule is O=C(/C=C/c1cn(Cc2ccccc2)nc1-c1ccc(F)cc1)Nc1ccc(CP(=O)(O)O)cc1. The zero-order valence-electron chi connectivity index (χ0n) is 18.6. The smallest absolute Gasteiger partial charge is 0.324 e. The molecule has 0 aliphatic heterocycles. The number of nitrogens with zero attached hydrogens (tertiary/aromatic N) is 2. The van der Waals surface area contributed by atoms with Crippen LogP contribution in [0.1, 0.15) is 16.7 Å². The molecule has 9 heteroatoms. The molecule has 0 atom stereocenters. The van der Waals surface area contributed by atoms with Gasteiger partial charge in [0.2, 0.25) is 5.91 Å². The molecule has 0 aliphatic carbocycles. The third-order valence-corrected chi connectivity index (χ3v) is 5.90. The van der Waals surface area contributed by atoms with Gasteiger partial charge in [-0.05, 0) is 53.6 Å². The van der Waals surface area contributed by atoms with Crippen molar-refractivity contribution in [1.82, 2.24) is 9.78 Å². The van der Waals surface area contributed by atoms with Crippen LogP contribution in [0.5, 0.6) is 0 Å². The van der Waals surface area contributed by atoms with Crippen LogP contribution in [-0.2, 0) is 22.1 Å². The van der Waals surface area contributed by atoms with Crippen molar-refractivity contribution in [1.29, 1.82) is 0 Å². The van der Waals surface area contributed by atoms with Crippen molar-refractivity contribution in [3.63, 3.8) is 0 Å². The van der Waals surface area contributed by atoms with Crippen LogP contribution in [0.3, 0.4) is 0 Å². The van der Waals surface area contributed by atoms with Crippen LogP contribution >= 0.6 is 7.60 Å². The lowest BCUT2D eigenvalue weighted by molar-refractivity contribution is -0.111. The Balaban J connectivity index is 1.52. The largest absolute Gasteiger partial charge is 0.329 e. The summed E-state index contributed by atoms with van der Waals surface area (Å²) in [5, 5.41) is 7.37. The summed E-state index contributed by atoms with van der Waals surface area (Å²) in [6.07, 6.45) is 4.48. The maximum Gasteiger partial charge on any atom is 0.329 e. The number of hydrogen-bond acceptors (Lipinski definition) is 3. The highest BCUT2D eigenvalue weighted by atomic mass is 31.2. The fourth-order valence-electron chi connectivity index (χ4n) is 3.52. The Hall–Kier alpha value is -3.84. The first kappa shape index (κ1) is 24.3. The summed E-state index contributed by atoms with van der Waals surface area (Å²) < 4.78 is 26.3. The van der Waals surface area contributed by atoms with E-state index in [1.54, 1.807) is 47.2 Å². The highest BCUT2D eigenvalue weighted by Gasteiger charge is 2.14. The molecule has 0 bridgehead atoms. The van der Waals surface area contributed by atoms with Crippen LogP contribution in [0.25, 0.3) is 17.3 Å². The third-order valence-electron chi connectivity index (χ3n) is 5.12. The minimum atomic E-state index is -4.16. The van der Waals surface area contributed by atoms with E-state index in [0.29, 0.717) is 29.1 Å². The van der Waals surface area contributed by atoms with E-state index in [9.17, 15) is 13.8 Å². The minimum absolute atomic E-state index is 0.347. The summed E-state index contributed by atoms with van der Waals surface area (Å²) in [5.41, 5.74) is 4.07. The van der Waals surface area contributed by atoms with Crippen molar-refractivity contribution in [3.05, 3.63) is 114 Å². The van der Waals surface area contributed by atoms with Gasteiger partial charge in [0.1, 0.15) is 5.82 Å². The molecule has 0 saturated carbocycles. The van der Waals surface area contributed by atoms with Gasteiger partial charge in [0.15, 0.2) is 0 Å². The van der Waals surface area contributed by atoms with E-state index in [1.807, 2.05) is 36.5 Å². The summed E-state index contributed by atoms with van der Waals surface area (Å²) in [6.45, 7) is 0.538. The van der Waals surface area contributed by atoms with E-state index >= 15 is 0 Å². The maximum atomic E-state index is 13.4. The van der Waals surface area contributed by atoms with E-state index in [0.717, 1.165) is 11.1 Å². The highest BCUT2D eigenvalue weighted by molar-refractivity contribution is 7.50. The molecule has 4 aromatic rings. The molecule has 0 spiro atoms. The van der Waals surface area contributed by atoms with E-state index < -0.39 is 7.60 Å². The molecule has 7 nitrogen and oxygen atoms in total. The number of benzene rings is 3. The standard InChI is InChI=1S/C26H23FN3O4P/c27-23-11-8-21(9-12-23)26-22(17-30(29-26)16-19-4-2-1-3-5-19)10-15-25(31)28-24-13-6-20(7-14-24)18-35(32,33)34/h1-15,17H,16,18H2,(H,28,31)(H2,32,33,34)/b15-10+. The van der Waals surface area contributed by atoms with E-state index in [1.165, 1.54) is 18.2 Å². The molecule has 0 radical (unpaired) electrons. The minimum Gasteiger partial charge on any atom is -0.324 e. The van der Waals surface area contributed by atoms with Gasteiger partial charge in [-0.15, -0.1) is 0 Å². The molecule has 3 N–H and O–H groups in total. The van der Waals surface area contributed by atoms with Gasteiger partial charge in [-0.3, -0.25) is 14.0 Å². The first-order chi connectivity index (χ1) is 16.7. The van der Waals surface area contributed by atoms with Gasteiger partial charge in [-0.25, -0.2) is 4.39 Å². The predicted molar refractivity (Wildman–Crippen MR) is 133 cm³/mol. The fourth-order valence-corrected chi connectivity index (χ4v) is 4.21. The molecule has 1 amide bonds. The van der Waals surface area contributed by atoms with Crippen LogP contribution in [0.15, 0.2) is 91.1 Å². The number of aromatic nitrogens is 2. The second-order valence-corrected chi connectivity index (χ2v) is 9.61. The quantitative estimate of drug-likeness (QED) is 0.236. The van der Waals surface area contributed by atoms with Crippen LogP contribution in [0.2, 0.25) is 0 Å². The number of carbonyl (C=O) groups is 1. The third kappa shape index (κ3) is 7.07. The second kappa shape index (κ2) is 10.6. The molecule has 3 aromatic carbocycles. The Kier molecular flexibility index (Phi) is 7.36. The van der Waals surface area contributed by atoms with Gasteiger partial charge in [0.05, 0.1) is 18.4 Å². The topological polar surface area (TPSA) is 104 Å². The normalized spacial score (nSPS) is 11.6. The lowest BCUT2D eigenvalue weighted by Crippen LogP contribution is -2.07. The summed E-state index contributed by atoms with van der Waals surface area (Å²) in [5.74, 6) is -0.727. The number of amides is 1.